The third-order valence-electron chi connectivity index (χ3n) is 5.49. The first-order valence-electron chi connectivity index (χ1n) is 10.7. The van der Waals surface area contributed by atoms with Gasteiger partial charge in [0, 0.05) is 26.2 Å². The van der Waals surface area contributed by atoms with Crippen LogP contribution in [0.5, 0.6) is 11.6 Å². The summed E-state index contributed by atoms with van der Waals surface area (Å²) in [7, 11) is 3.80. The summed E-state index contributed by atoms with van der Waals surface area (Å²) in [6, 6.07) is 6.46. The number of aliphatic hydroxyl groups is 1. The van der Waals surface area contributed by atoms with Gasteiger partial charge in [0.1, 0.15) is 18.5 Å². The van der Waals surface area contributed by atoms with Crippen molar-refractivity contribution in [1.29, 1.82) is 0 Å². The normalized spacial score (nSPS) is 12.5. The SMILES string of the molecule is Cn1c(O)c(N=Nc2nc3c(c(=O)[nH]c(=O)n3C)n2CC(O)COc2ccc(Cl)cc2)c(=O)n(C)c1=O. The Morgan fingerprint density at radius 1 is 1.05 bits per heavy atom. The van der Waals surface area contributed by atoms with Gasteiger partial charge in [0.2, 0.25) is 11.6 Å². The molecule has 0 aliphatic rings. The van der Waals surface area contributed by atoms with Gasteiger partial charge in [-0.25, -0.2) is 9.59 Å². The number of azo groups is 1. The Hall–Kier alpha value is -4.50. The largest absolute Gasteiger partial charge is 0.493 e. The maximum absolute atomic E-state index is 12.6. The molecular weight excluding hydrogens is 512 g/mol. The molecule has 0 saturated carbocycles. The smallest absolute Gasteiger partial charge is 0.333 e. The molecule has 0 fully saturated rings. The van der Waals surface area contributed by atoms with Gasteiger partial charge >= 0.3 is 11.4 Å². The Morgan fingerprint density at radius 3 is 2.41 bits per heavy atom. The van der Waals surface area contributed by atoms with Gasteiger partial charge in [-0.3, -0.25) is 32.8 Å². The lowest BCUT2D eigenvalue weighted by Crippen LogP contribution is -2.36. The highest BCUT2D eigenvalue weighted by Gasteiger charge is 2.21. The number of aromatic nitrogens is 6. The Balaban J connectivity index is 1.76. The number of benzene rings is 1. The number of ether oxygens (including phenoxy) is 1. The van der Waals surface area contributed by atoms with Crippen LogP contribution in [0.2, 0.25) is 5.02 Å². The molecule has 1 aromatic carbocycles. The summed E-state index contributed by atoms with van der Waals surface area (Å²) >= 11 is 5.85. The summed E-state index contributed by atoms with van der Waals surface area (Å²) in [5, 5.41) is 29.0. The predicted molar refractivity (Wildman–Crippen MR) is 131 cm³/mol. The molecule has 1 unspecified atom stereocenters. The first-order valence-corrected chi connectivity index (χ1v) is 11.0. The summed E-state index contributed by atoms with van der Waals surface area (Å²) in [5.74, 6) is -0.552. The van der Waals surface area contributed by atoms with E-state index in [1.165, 1.54) is 25.7 Å². The molecular formula is C21H21ClN8O7. The Kier molecular flexibility index (Phi) is 6.82. The van der Waals surface area contributed by atoms with Crippen LogP contribution in [0.25, 0.3) is 11.2 Å². The first kappa shape index (κ1) is 25.6. The quantitative estimate of drug-likeness (QED) is 0.278. The number of rotatable bonds is 7. The van der Waals surface area contributed by atoms with E-state index in [0.717, 1.165) is 13.7 Å². The number of hydrogen-bond donors (Lipinski definition) is 3. The van der Waals surface area contributed by atoms with E-state index < -0.39 is 40.2 Å². The van der Waals surface area contributed by atoms with Gasteiger partial charge in [0.15, 0.2) is 11.2 Å². The van der Waals surface area contributed by atoms with Crippen LogP contribution in [-0.4, -0.2) is 51.2 Å². The number of imidazole rings is 1. The fourth-order valence-corrected chi connectivity index (χ4v) is 3.58. The number of aliphatic hydroxyl groups excluding tert-OH is 1. The van der Waals surface area contributed by atoms with Gasteiger partial charge in [0.25, 0.3) is 17.1 Å². The van der Waals surface area contributed by atoms with E-state index in [4.69, 9.17) is 16.3 Å². The number of hydrogen-bond acceptors (Lipinski definition) is 10. The molecule has 0 radical (unpaired) electrons. The van der Waals surface area contributed by atoms with Gasteiger partial charge in [-0.05, 0) is 24.3 Å². The highest BCUT2D eigenvalue weighted by atomic mass is 35.5. The summed E-state index contributed by atoms with van der Waals surface area (Å²) in [5.41, 5.74) is -3.95. The molecule has 16 heteroatoms. The van der Waals surface area contributed by atoms with Crippen molar-refractivity contribution in [3.8, 4) is 11.6 Å². The molecule has 15 nitrogen and oxygen atoms in total. The second kappa shape index (κ2) is 9.87. The van der Waals surface area contributed by atoms with Gasteiger partial charge in [-0.1, -0.05) is 11.6 Å². The Morgan fingerprint density at radius 2 is 1.73 bits per heavy atom. The maximum Gasteiger partial charge on any atom is 0.333 e. The molecule has 1 atom stereocenters. The topological polar surface area (TPSA) is 191 Å². The van der Waals surface area contributed by atoms with Gasteiger partial charge in [0.05, 0.1) is 6.54 Å². The fraction of sp³-hybridized carbons (Fsp3) is 0.286. The maximum atomic E-state index is 12.6. The van der Waals surface area contributed by atoms with E-state index in [-0.39, 0.29) is 30.3 Å². The van der Waals surface area contributed by atoms with E-state index in [1.807, 2.05) is 0 Å². The second-order valence-electron chi connectivity index (χ2n) is 8.01. The molecule has 0 saturated heterocycles. The summed E-state index contributed by atoms with van der Waals surface area (Å²) in [6.07, 6.45) is -1.18. The van der Waals surface area contributed by atoms with Crippen LogP contribution in [0.3, 0.4) is 0 Å². The van der Waals surface area contributed by atoms with Crippen LogP contribution in [0.1, 0.15) is 0 Å². The van der Waals surface area contributed by atoms with E-state index in [2.05, 4.69) is 20.2 Å². The second-order valence-corrected chi connectivity index (χ2v) is 8.45. The van der Waals surface area contributed by atoms with Crippen molar-refractivity contribution in [3.63, 3.8) is 0 Å². The molecule has 0 aliphatic heterocycles. The lowest BCUT2D eigenvalue weighted by atomic mass is 10.3. The van der Waals surface area contributed by atoms with Crippen molar-refractivity contribution < 1.29 is 14.9 Å². The zero-order valence-corrected chi connectivity index (χ0v) is 20.5. The van der Waals surface area contributed by atoms with Crippen LogP contribution in [0, 0.1) is 0 Å². The standard InChI is InChI=1S/C21H21ClN8O7/c1-27-15-14(16(32)24-20(27)35)30(8-11(31)9-37-12-6-4-10(22)5-7-12)19(23-15)26-25-13-17(33)28(2)21(36)29(3)18(13)34/h4-7,11,31,33H,8-9H2,1-3H3,(H,24,32,35). The van der Waals surface area contributed by atoms with Crippen molar-refractivity contribution >= 4 is 34.4 Å². The van der Waals surface area contributed by atoms with Gasteiger partial charge in [-0.15, -0.1) is 10.2 Å². The van der Waals surface area contributed by atoms with Gasteiger partial charge < -0.3 is 14.9 Å². The molecule has 194 valence electrons. The number of H-pyrrole nitrogens is 1. The fourth-order valence-electron chi connectivity index (χ4n) is 3.46. The number of nitrogens with zero attached hydrogens (tertiary/aromatic N) is 7. The van der Waals surface area contributed by atoms with Crippen molar-refractivity contribution in [2.75, 3.05) is 6.61 Å². The average molecular weight is 533 g/mol. The zero-order valence-electron chi connectivity index (χ0n) is 19.7. The summed E-state index contributed by atoms with van der Waals surface area (Å²) in [4.78, 5) is 55.5. The van der Waals surface area contributed by atoms with E-state index >= 15 is 0 Å². The van der Waals surface area contributed by atoms with Crippen molar-refractivity contribution in [2.45, 2.75) is 12.6 Å². The van der Waals surface area contributed by atoms with E-state index in [1.54, 1.807) is 24.3 Å². The lowest BCUT2D eigenvalue weighted by Gasteiger charge is -2.14. The first-order chi connectivity index (χ1) is 17.5. The zero-order chi connectivity index (χ0) is 27.0. The number of aromatic amines is 1. The van der Waals surface area contributed by atoms with Crippen LogP contribution in [0.15, 0.2) is 53.7 Å². The number of aromatic hydroxyl groups is 1. The van der Waals surface area contributed by atoms with Crippen molar-refractivity contribution in [3.05, 3.63) is 71.0 Å². The third kappa shape index (κ3) is 4.81. The number of halogens is 1. The highest BCUT2D eigenvalue weighted by Crippen LogP contribution is 2.24. The van der Waals surface area contributed by atoms with Crippen LogP contribution in [-0.2, 0) is 27.7 Å². The predicted octanol–water partition coefficient (Wildman–Crippen LogP) is 0.0350. The minimum Gasteiger partial charge on any atom is -0.493 e. The molecule has 4 aromatic rings. The van der Waals surface area contributed by atoms with E-state index in [9.17, 15) is 29.4 Å². The molecule has 0 spiro atoms. The minimum absolute atomic E-state index is 0.0638. The van der Waals surface area contributed by atoms with E-state index in [0.29, 0.717) is 10.8 Å². The highest BCUT2D eigenvalue weighted by molar-refractivity contribution is 6.30. The molecule has 0 bridgehead atoms. The molecule has 37 heavy (non-hydrogen) atoms. The molecule has 3 N–H and O–H groups in total. The minimum atomic E-state index is -1.18. The van der Waals surface area contributed by atoms with Crippen LogP contribution < -0.4 is 27.2 Å². The lowest BCUT2D eigenvalue weighted by molar-refractivity contribution is 0.0937. The Bertz CT molecular complexity index is 1760. The average Bonchev–Trinajstić information content (AvgIpc) is 3.23. The molecule has 0 aliphatic carbocycles. The van der Waals surface area contributed by atoms with Crippen LogP contribution in [0.4, 0.5) is 11.6 Å². The number of aryl methyl sites for hydroxylation is 1. The third-order valence-corrected chi connectivity index (χ3v) is 5.74. The Labute approximate surface area is 211 Å². The van der Waals surface area contributed by atoms with Crippen molar-refractivity contribution in [2.24, 2.45) is 31.4 Å². The monoisotopic (exact) mass is 532 g/mol. The molecule has 3 heterocycles. The van der Waals surface area contributed by atoms with Crippen LogP contribution >= 0.6 is 11.6 Å². The summed E-state index contributed by atoms with van der Waals surface area (Å²) < 4.78 is 9.32. The number of nitrogens with one attached hydrogen (secondary N) is 1. The molecule has 3 aromatic heterocycles. The summed E-state index contributed by atoms with van der Waals surface area (Å²) in [6.45, 7) is -0.458. The van der Waals surface area contributed by atoms with Gasteiger partial charge in [-0.2, -0.15) is 4.98 Å². The molecule has 4 rings (SSSR count). The van der Waals surface area contributed by atoms with Crippen molar-refractivity contribution in [1.82, 2.24) is 28.2 Å². The molecule has 0 amide bonds. The number of fused-ring (bicyclic) bond motifs is 1.